The molecular weight excluding hydrogens is 245 g/mol. The molecule has 0 bridgehead atoms. The van der Waals surface area contributed by atoms with Gasteiger partial charge in [0, 0.05) is 25.3 Å². The van der Waals surface area contributed by atoms with Gasteiger partial charge < -0.3 is 10.8 Å². The lowest BCUT2D eigenvalue weighted by molar-refractivity contribution is 0.116. The van der Waals surface area contributed by atoms with E-state index in [0.29, 0.717) is 18.0 Å². The highest BCUT2D eigenvalue weighted by Crippen LogP contribution is 2.19. The van der Waals surface area contributed by atoms with Crippen LogP contribution in [0, 0.1) is 17.1 Å². The molecule has 19 heavy (non-hydrogen) atoms. The summed E-state index contributed by atoms with van der Waals surface area (Å²) in [7, 11) is 0. The molecule has 0 aromatic heterocycles. The molecule has 0 aliphatic carbocycles. The Morgan fingerprint density at radius 2 is 2.26 bits per heavy atom. The van der Waals surface area contributed by atoms with Crippen LogP contribution < -0.4 is 5.73 Å². The zero-order valence-electron chi connectivity index (χ0n) is 10.9. The third-order valence-electron chi connectivity index (χ3n) is 3.54. The molecule has 0 amide bonds. The molecule has 1 aliphatic heterocycles. The van der Waals surface area contributed by atoms with Gasteiger partial charge in [0.25, 0.3) is 0 Å². The number of nitrogens with one attached hydrogen (secondary N) is 1. The summed E-state index contributed by atoms with van der Waals surface area (Å²) in [4.78, 5) is 2.21. The fourth-order valence-corrected chi connectivity index (χ4v) is 2.60. The second-order valence-electron chi connectivity index (χ2n) is 5.19. The van der Waals surface area contributed by atoms with Crippen molar-refractivity contribution in [2.75, 3.05) is 19.7 Å². The fraction of sp³-hybridized carbons (Fsp3) is 0.500. The first-order chi connectivity index (χ1) is 9.08. The monoisotopic (exact) mass is 265 g/mol. The van der Waals surface area contributed by atoms with Crippen LogP contribution in [0.4, 0.5) is 4.39 Å². The average Bonchev–Trinajstić information content (AvgIpc) is 2.38. The summed E-state index contributed by atoms with van der Waals surface area (Å²) in [6.45, 7) is 2.64. The first-order valence-corrected chi connectivity index (χ1v) is 6.55. The van der Waals surface area contributed by atoms with Crippen molar-refractivity contribution in [3.05, 3.63) is 35.1 Å². The van der Waals surface area contributed by atoms with Gasteiger partial charge >= 0.3 is 0 Å². The van der Waals surface area contributed by atoms with Crippen LogP contribution in [0.5, 0.6) is 0 Å². The molecule has 4 nitrogen and oxygen atoms in total. The van der Waals surface area contributed by atoms with E-state index in [4.69, 9.17) is 11.1 Å². The van der Waals surface area contributed by atoms with E-state index in [1.54, 1.807) is 6.07 Å². The molecule has 5 heteroatoms. The molecule has 1 atom stereocenters. The maximum absolute atomic E-state index is 13.5. The van der Waals surface area contributed by atoms with Crippen molar-refractivity contribution in [3.63, 3.8) is 0 Å². The van der Waals surface area contributed by atoms with Gasteiger partial charge in [-0.2, -0.15) is 0 Å². The van der Waals surface area contributed by atoms with Gasteiger partial charge in [0.15, 0.2) is 0 Å². The van der Waals surface area contributed by atoms with E-state index in [1.807, 2.05) is 0 Å². The number of hydrogen-bond acceptors (Lipinski definition) is 3. The number of aliphatic hydroxyl groups excluding tert-OH is 1. The van der Waals surface area contributed by atoms with E-state index in [9.17, 15) is 9.50 Å². The van der Waals surface area contributed by atoms with E-state index in [-0.39, 0.29) is 18.3 Å². The molecule has 2 rings (SSSR count). The lowest BCUT2D eigenvalue weighted by Gasteiger charge is -2.31. The van der Waals surface area contributed by atoms with Crippen LogP contribution >= 0.6 is 0 Å². The number of likely N-dealkylation sites (tertiary alicyclic amines) is 1. The average molecular weight is 265 g/mol. The molecule has 1 fully saturated rings. The number of halogens is 1. The van der Waals surface area contributed by atoms with Crippen LogP contribution in [0.3, 0.4) is 0 Å². The molecule has 1 aromatic rings. The van der Waals surface area contributed by atoms with Crippen LogP contribution in [0.2, 0.25) is 0 Å². The lowest BCUT2D eigenvalue weighted by Crippen LogP contribution is -2.36. The van der Waals surface area contributed by atoms with E-state index in [1.165, 1.54) is 12.1 Å². The van der Waals surface area contributed by atoms with E-state index >= 15 is 0 Å². The van der Waals surface area contributed by atoms with Crippen LogP contribution in [0.1, 0.15) is 24.0 Å². The summed E-state index contributed by atoms with van der Waals surface area (Å²) in [5.74, 6) is -0.166. The molecule has 0 spiro atoms. The van der Waals surface area contributed by atoms with Gasteiger partial charge in [-0.1, -0.05) is 0 Å². The predicted molar refractivity (Wildman–Crippen MR) is 72.5 cm³/mol. The highest BCUT2D eigenvalue weighted by Gasteiger charge is 2.19. The molecule has 0 saturated carbocycles. The summed E-state index contributed by atoms with van der Waals surface area (Å²) < 4.78 is 13.5. The number of nitrogens with two attached hydrogens (primary N) is 1. The number of rotatable bonds is 4. The molecule has 1 unspecified atom stereocenters. The van der Waals surface area contributed by atoms with Gasteiger partial charge in [0.05, 0.1) is 0 Å². The molecular formula is C14H20FN3O. The summed E-state index contributed by atoms with van der Waals surface area (Å²) in [5.41, 5.74) is 6.64. The topological polar surface area (TPSA) is 73.3 Å². The second-order valence-corrected chi connectivity index (χ2v) is 5.19. The molecule has 1 aromatic carbocycles. The third-order valence-corrected chi connectivity index (χ3v) is 3.54. The number of benzene rings is 1. The Labute approximate surface area is 112 Å². The van der Waals surface area contributed by atoms with Gasteiger partial charge in [0.1, 0.15) is 11.7 Å². The Bertz CT molecular complexity index is 464. The van der Waals surface area contributed by atoms with Gasteiger partial charge in [-0.3, -0.25) is 10.3 Å². The van der Waals surface area contributed by atoms with Crippen molar-refractivity contribution in [1.29, 1.82) is 5.41 Å². The van der Waals surface area contributed by atoms with Crippen molar-refractivity contribution in [3.8, 4) is 0 Å². The third kappa shape index (κ3) is 3.75. The standard InChI is InChI=1S/C14H20FN3O/c15-13-5-11(4-12(6-13)14(16)17)8-18-3-1-2-10(7-18)9-19/h4-6,10,19H,1-3,7-9H2,(H3,16,17). The first kappa shape index (κ1) is 14.0. The van der Waals surface area contributed by atoms with E-state index < -0.39 is 0 Å². The first-order valence-electron chi connectivity index (χ1n) is 6.55. The summed E-state index contributed by atoms with van der Waals surface area (Å²) in [6, 6.07) is 4.52. The van der Waals surface area contributed by atoms with Crippen molar-refractivity contribution in [1.82, 2.24) is 4.90 Å². The minimum absolute atomic E-state index is 0.118. The van der Waals surface area contributed by atoms with Gasteiger partial charge in [-0.05, 0) is 49.1 Å². The van der Waals surface area contributed by atoms with Crippen LogP contribution in [-0.2, 0) is 6.54 Å². The van der Waals surface area contributed by atoms with Gasteiger partial charge in [-0.25, -0.2) is 4.39 Å². The zero-order valence-corrected chi connectivity index (χ0v) is 10.9. The molecule has 104 valence electrons. The molecule has 1 saturated heterocycles. The van der Waals surface area contributed by atoms with Gasteiger partial charge in [0.2, 0.25) is 0 Å². The van der Waals surface area contributed by atoms with E-state index in [2.05, 4.69) is 4.90 Å². The number of hydrogen-bond donors (Lipinski definition) is 3. The maximum Gasteiger partial charge on any atom is 0.124 e. The van der Waals surface area contributed by atoms with Crippen molar-refractivity contribution in [2.24, 2.45) is 11.7 Å². The minimum Gasteiger partial charge on any atom is -0.396 e. The second kappa shape index (κ2) is 6.12. The molecule has 1 heterocycles. The highest BCUT2D eigenvalue weighted by atomic mass is 19.1. The lowest BCUT2D eigenvalue weighted by atomic mass is 9.98. The number of amidine groups is 1. The number of nitrogens with zero attached hydrogens (tertiary/aromatic N) is 1. The summed E-state index contributed by atoms with van der Waals surface area (Å²) >= 11 is 0. The summed E-state index contributed by atoms with van der Waals surface area (Å²) in [6.07, 6.45) is 2.11. The number of nitrogen functional groups attached to an aromatic ring is 1. The van der Waals surface area contributed by atoms with E-state index in [0.717, 1.165) is 31.5 Å². The molecule has 0 radical (unpaired) electrons. The largest absolute Gasteiger partial charge is 0.396 e. The van der Waals surface area contributed by atoms with Crippen molar-refractivity contribution >= 4 is 5.84 Å². The van der Waals surface area contributed by atoms with Crippen molar-refractivity contribution in [2.45, 2.75) is 19.4 Å². The van der Waals surface area contributed by atoms with Crippen molar-refractivity contribution < 1.29 is 9.50 Å². The predicted octanol–water partition coefficient (Wildman–Crippen LogP) is 1.31. The number of aliphatic hydroxyl groups is 1. The Kier molecular flexibility index (Phi) is 4.50. The van der Waals surface area contributed by atoms with Gasteiger partial charge in [-0.15, -0.1) is 0 Å². The Morgan fingerprint density at radius 3 is 2.95 bits per heavy atom. The Balaban J connectivity index is 2.08. The van der Waals surface area contributed by atoms with Crippen LogP contribution in [0.25, 0.3) is 0 Å². The Morgan fingerprint density at radius 1 is 1.47 bits per heavy atom. The SMILES string of the molecule is N=C(N)c1cc(F)cc(CN2CCCC(CO)C2)c1. The van der Waals surface area contributed by atoms with Crippen LogP contribution in [-0.4, -0.2) is 35.5 Å². The fourth-order valence-electron chi connectivity index (χ4n) is 2.60. The number of piperidine rings is 1. The normalized spacial score (nSPS) is 20.4. The minimum atomic E-state index is -0.363. The van der Waals surface area contributed by atoms with Crippen LogP contribution in [0.15, 0.2) is 18.2 Å². The maximum atomic E-state index is 13.5. The zero-order chi connectivity index (χ0) is 13.8. The quantitative estimate of drug-likeness (QED) is 0.568. The molecule has 4 N–H and O–H groups in total. The summed E-state index contributed by atoms with van der Waals surface area (Å²) in [5, 5.41) is 16.6. The Hall–Kier alpha value is -1.46. The smallest absolute Gasteiger partial charge is 0.124 e. The highest BCUT2D eigenvalue weighted by molar-refractivity contribution is 5.95. The molecule has 1 aliphatic rings.